The van der Waals surface area contributed by atoms with Gasteiger partial charge in [-0.1, -0.05) is 34.3 Å². The van der Waals surface area contributed by atoms with E-state index in [1.165, 1.54) is 29.1 Å². The Kier molecular flexibility index (Phi) is 12.9. The monoisotopic (exact) mass is 1000 g/mol. The van der Waals surface area contributed by atoms with Crippen LogP contribution in [-0.2, 0) is 15.9 Å². The predicted octanol–water partition coefficient (Wildman–Crippen LogP) is 7.21. The summed E-state index contributed by atoms with van der Waals surface area (Å²) in [4.78, 5) is 46.2. The van der Waals surface area contributed by atoms with Gasteiger partial charge in [-0.25, -0.2) is 39.9 Å². The minimum absolute atomic E-state index is 0.0327. The number of likely N-dealkylation sites (N-methyl/N-ethyl adjacent to an activating group) is 1. The van der Waals surface area contributed by atoms with E-state index < -0.39 is 0 Å². The Balaban J connectivity index is 0.676. The second kappa shape index (κ2) is 19.7. The molecule has 6 aromatic rings. The normalized spacial score (nSPS) is 23.9. The lowest BCUT2D eigenvalue weighted by atomic mass is 9.72. The lowest BCUT2D eigenvalue weighted by Gasteiger charge is -2.45. The molecule has 2 atom stereocenters. The molecule has 0 bridgehead atoms. The van der Waals surface area contributed by atoms with Gasteiger partial charge in [-0.2, -0.15) is 4.98 Å². The zero-order chi connectivity index (χ0) is 47.8. The van der Waals surface area contributed by atoms with E-state index in [-0.39, 0.29) is 17.6 Å². The maximum absolute atomic E-state index is 6.87. The summed E-state index contributed by atoms with van der Waals surface area (Å²) >= 11 is 2.99. The van der Waals surface area contributed by atoms with Gasteiger partial charge < -0.3 is 39.2 Å². The Morgan fingerprint density at radius 1 is 0.704 bits per heavy atom. The molecule has 2 aliphatic carbocycles. The Bertz CT molecular complexity index is 2770. The van der Waals surface area contributed by atoms with Gasteiger partial charge in [0.05, 0.1) is 68.7 Å². The summed E-state index contributed by atoms with van der Waals surface area (Å²) in [5.41, 5.74) is 3.31. The SMILES string of the molecule is CN1CCC[C@H]1COc1cnc(Nc2ncc(-c3cc[n+](N4CC[C@@](C)(Cc5cnc(Nc6ncc(-c7ccnc(OC8CCC9(CC8)COC9)n7)s6)nc5)C4)c(OC4CCC5(CC4)COC5)n3)s2)nc1. The van der Waals surface area contributed by atoms with Crippen LogP contribution in [0, 0.1) is 16.2 Å². The average Bonchev–Trinajstić information content (AvgIpc) is 4.21. The first-order valence-electron chi connectivity index (χ1n) is 25.1. The van der Waals surface area contributed by atoms with Crippen LogP contribution in [0.1, 0.15) is 83.1 Å². The van der Waals surface area contributed by atoms with Crippen molar-refractivity contribution in [2.75, 3.05) is 75.4 Å². The molecule has 4 aliphatic heterocycles. The van der Waals surface area contributed by atoms with Crippen LogP contribution in [0.5, 0.6) is 17.8 Å². The van der Waals surface area contributed by atoms with Crippen LogP contribution in [0.15, 0.2) is 61.7 Å². The molecule has 71 heavy (non-hydrogen) atoms. The summed E-state index contributed by atoms with van der Waals surface area (Å²) in [6.45, 7) is 9.23. The molecule has 6 aliphatic rings. The van der Waals surface area contributed by atoms with E-state index in [2.05, 4.69) is 70.3 Å². The first-order valence-corrected chi connectivity index (χ1v) is 26.7. The Labute approximate surface area is 421 Å². The summed E-state index contributed by atoms with van der Waals surface area (Å²) < 4.78 is 32.3. The predicted molar refractivity (Wildman–Crippen MR) is 267 cm³/mol. The van der Waals surface area contributed by atoms with Gasteiger partial charge in [0.15, 0.2) is 16.0 Å². The standard InChI is InChI=1S/C50H60N14O5S2/c1-48(20-33-21-52-42(53-22-33)60-45-56-25-40(70-45)38-9-16-51-44(58-38)68-35-5-11-49(12-6-35)29-65-30-49)15-19-63(28-48)64-18-10-39(59-47(64)69-36-7-13-50(14-8-36)31-66-32-50)41-26-57-46(71-41)61-43-54-23-37(24-55-43)67-27-34-4-3-17-62(34)2/h9-10,16,18,21-26,34-36H,3-8,11-15,17,19-20,27-32H2,1-2H3,(H,51,52,53,56,58,60)/p+1/t34-,48-/m0/s1. The van der Waals surface area contributed by atoms with Crippen molar-refractivity contribution in [3.8, 4) is 38.9 Å². The second-order valence-corrected chi connectivity index (χ2v) is 23.0. The highest BCUT2D eigenvalue weighted by molar-refractivity contribution is 7.19. The summed E-state index contributed by atoms with van der Waals surface area (Å²) in [6.07, 6.45) is 27.5. The Hall–Kier alpha value is -5.74. The Morgan fingerprint density at radius 2 is 1.32 bits per heavy atom. The maximum Gasteiger partial charge on any atom is 0.523 e. The van der Waals surface area contributed by atoms with Crippen molar-refractivity contribution in [1.82, 2.24) is 49.8 Å². The number of thiazole rings is 2. The van der Waals surface area contributed by atoms with Crippen LogP contribution in [-0.4, -0.2) is 128 Å². The third kappa shape index (κ3) is 10.5. The van der Waals surface area contributed by atoms with E-state index >= 15 is 0 Å². The highest BCUT2D eigenvalue weighted by atomic mass is 32.1. The minimum Gasteiger partial charge on any atom is -0.489 e. The third-order valence-corrected chi connectivity index (χ3v) is 17.3. The van der Waals surface area contributed by atoms with Crippen molar-refractivity contribution in [3.63, 3.8) is 0 Å². The van der Waals surface area contributed by atoms with Crippen molar-refractivity contribution in [2.45, 2.75) is 102 Å². The van der Waals surface area contributed by atoms with Crippen molar-refractivity contribution < 1.29 is 28.4 Å². The molecule has 19 nitrogen and oxygen atoms in total. The first-order chi connectivity index (χ1) is 34.7. The van der Waals surface area contributed by atoms with Crippen molar-refractivity contribution >= 4 is 44.8 Å². The number of aromatic nitrogens is 10. The molecule has 6 fully saturated rings. The van der Waals surface area contributed by atoms with Crippen molar-refractivity contribution in [2.24, 2.45) is 16.2 Å². The van der Waals surface area contributed by atoms with Crippen LogP contribution in [0.25, 0.3) is 21.1 Å². The first kappa shape index (κ1) is 46.3. The van der Waals surface area contributed by atoms with E-state index in [0.29, 0.717) is 63.4 Å². The second-order valence-electron chi connectivity index (χ2n) is 21.0. The van der Waals surface area contributed by atoms with Crippen LogP contribution >= 0.6 is 22.7 Å². The number of rotatable bonds is 16. The zero-order valence-electron chi connectivity index (χ0n) is 40.4. The van der Waals surface area contributed by atoms with Crippen LogP contribution < -0.4 is 34.5 Å². The fourth-order valence-electron chi connectivity index (χ4n) is 10.9. The van der Waals surface area contributed by atoms with Gasteiger partial charge in [0, 0.05) is 47.7 Å². The van der Waals surface area contributed by atoms with E-state index in [1.54, 1.807) is 18.6 Å². The van der Waals surface area contributed by atoms with E-state index in [1.807, 2.05) is 36.9 Å². The van der Waals surface area contributed by atoms with Crippen LogP contribution in [0.3, 0.4) is 0 Å². The molecule has 10 heterocycles. The third-order valence-electron chi connectivity index (χ3n) is 15.5. The number of ether oxygens (including phenoxy) is 5. The minimum atomic E-state index is -0.0327. The molecule has 0 unspecified atom stereocenters. The molecule has 0 radical (unpaired) electrons. The van der Waals surface area contributed by atoms with E-state index in [4.69, 9.17) is 43.6 Å². The van der Waals surface area contributed by atoms with Gasteiger partial charge in [0.25, 0.3) is 0 Å². The van der Waals surface area contributed by atoms with Gasteiger partial charge in [-0.15, -0.1) is 0 Å². The number of nitrogens with zero attached hydrogens (tertiary/aromatic N) is 12. The molecule has 21 heteroatoms. The molecule has 2 saturated carbocycles. The summed E-state index contributed by atoms with van der Waals surface area (Å²) in [5.74, 6) is 1.61. The lowest BCUT2D eigenvalue weighted by molar-refractivity contribution is -0.700. The zero-order valence-corrected chi connectivity index (χ0v) is 42.0. The highest BCUT2D eigenvalue weighted by Gasteiger charge is 2.45. The Morgan fingerprint density at radius 3 is 1.93 bits per heavy atom. The molecule has 0 aromatic carbocycles. The molecule has 12 rings (SSSR count). The maximum atomic E-state index is 6.87. The number of hydrogen-bond acceptors (Lipinski definition) is 20. The van der Waals surface area contributed by atoms with Gasteiger partial charge >= 0.3 is 12.0 Å². The molecule has 2 spiro atoms. The number of hydrogen-bond donors (Lipinski definition) is 2. The average molecular weight is 1000 g/mol. The fourth-order valence-corrected chi connectivity index (χ4v) is 12.5. The fraction of sp³-hybridized carbons (Fsp3) is 0.560. The lowest BCUT2D eigenvalue weighted by Crippen LogP contribution is -2.58. The molecule has 0 amide bonds. The molecule has 6 aromatic heterocycles. The highest BCUT2D eigenvalue weighted by Crippen LogP contribution is 2.44. The topological polar surface area (TPSA) is 197 Å². The molecular formula is C50H61N14O5S2+. The van der Waals surface area contributed by atoms with Crippen LogP contribution in [0.4, 0.5) is 22.2 Å². The summed E-state index contributed by atoms with van der Waals surface area (Å²) in [7, 11) is 2.14. The van der Waals surface area contributed by atoms with Crippen LogP contribution in [0.2, 0.25) is 0 Å². The van der Waals surface area contributed by atoms with Gasteiger partial charge in [-0.05, 0) is 113 Å². The van der Waals surface area contributed by atoms with Crippen molar-refractivity contribution in [3.05, 3.63) is 67.3 Å². The van der Waals surface area contributed by atoms with Gasteiger partial charge in [0.1, 0.15) is 29.9 Å². The molecular weight excluding hydrogens is 941 g/mol. The largest absolute Gasteiger partial charge is 0.523 e. The smallest absolute Gasteiger partial charge is 0.489 e. The number of nitrogens with one attached hydrogen (secondary N) is 2. The van der Waals surface area contributed by atoms with E-state index in [9.17, 15) is 0 Å². The van der Waals surface area contributed by atoms with Gasteiger partial charge in [-0.3, -0.25) is 0 Å². The molecule has 2 N–H and O–H groups in total. The summed E-state index contributed by atoms with van der Waals surface area (Å²) in [5, 5.41) is 10.3. The number of likely N-dealkylation sites (tertiary alicyclic amines) is 1. The molecule has 4 saturated heterocycles. The van der Waals surface area contributed by atoms with Gasteiger partial charge in [0.2, 0.25) is 17.6 Å². The number of anilines is 4. The summed E-state index contributed by atoms with van der Waals surface area (Å²) in [6, 6.07) is 5.37. The quantitative estimate of drug-likeness (QED) is 0.0922. The molecule has 372 valence electrons. The van der Waals surface area contributed by atoms with Crippen molar-refractivity contribution in [1.29, 1.82) is 0 Å². The van der Waals surface area contributed by atoms with E-state index in [0.717, 1.165) is 143 Å².